The largest absolute Gasteiger partial charge is 0.507 e. The zero-order valence-electron chi connectivity index (χ0n) is 40.0. The van der Waals surface area contributed by atoms with Gasteiger partial charge in [-0.3, -0.25) is 9.98 Å². The fourth-order valence-electron chi connectivity index (χ4n) is 8.47. The molecule has 0 atom stereocenters. The smallest absolute Gasteiger partial charge is 0.132 e. The Kier molecular flexibility index (Phi) is 13.5. The van der Waals surface area contributed by atoms with E-state index in [-0.39, 0.29) is 22.3 Å². The van der Waals surface area contributed by atoms with Crippen molar-refractivity contribution in [3.63, 3.8) is 0 Å². The summed E-state index contributed by atoms with van der Waals surface area (Å²) in [6.45, 7) is 39.5. The minimum atomic E-state index is -0.182. The molecule has 0 bridgehead atoms. The van der Waals surface area contributed by atoms with Crippen molar-refractivity contribution in [2.45, 2.75) is 159 Å². The molecule has 5 aromatic carbocycles. The molecule has 0 aromatic heterocycles. The third kappa shape index (κ3) is 9.19. The van der Waals surface area contributed by atoms with Gasteiger partial charge in [0.05, 0.1) is 11.4 Å². The van der Waals surface area contributed by atoms with Gasteiger partial charge in [-0.15, -0.1) is 0 Å². The first-order chi connectivity index (χ1) is 27.9. The first-order valence-electron chi connectivity index (χ1n) is 22.1. The average molecular weight is 805 g/mol. The molecule has 5 aromatic rings. The maximum Gasteiger partial charge on any atom is 0.132 e. The second-order valence-corrected chi connectivity index (χ2v) is 20.4. The zero-order valence-corrected chi connectivity index (χ0v) is 40.0. The molecule has 4 heteroatoms. The van der Waals surface area contributed by atoms with Crippen LogP contribution >= 0.6 is 0 Å². The lowest BCUT2D eigenvalue weighted by Gasteiger charge is -2.27. The monoisotopic (exact) mass is 805 g/mol. The van der Waals surface area contributed by atoms with E-state index >= 15 is 0 Å². The molecule has 0 amide bonds. The van der Waals surface area contributed by atoms with E-state index in [0.717, 1.165) is 67.0 Å². The van der Waals surface area contributed by atoms with E-state index in [1.54, 1.807) is 0 Å². The van der Waals surface area contributed by atoms with Crippen LogP contribution < -0.4 is 0 Å². The number of phenols is 2. The number of benzene rings is 5. The summed E-state index contributed by atoms with van der Waals surface area (Å²) in [5.41, 5.74) is 17.9. The Hall–Kier alpha value is -4.96. The topological polar surface area (TPSA) is 65.2 Å². The summed E-state index contributed by atoms with van der Waals surface area (Å²) in [4.78, 5) is 10.3. The van der Waals surface area contributed by atoms with Gasteiger partial charge in [0.2, 0.25) is 0 Å². The van der Waals surface area contributed by atoms with Crippen molar-refractivity contribution in [3.8, 4) is 33.8 Å². The Bertz CT molecular complexity index is 2210. The third-order valence-electron chi connectivity index (χ3n) is 12.5. The lowest BCUT2D eigenvalue weighted by atomic mass is 9.78. The van der Waals surface area contributed by atoms with Crippen LogP contribution in [0.2, 0.25) is 0 Å². The molecule has 0 aliphatic rings. The molecule has 0 fully saturated rings. The lowest BCUT2D eigenvalue weighted by Crippen LogP contribution is -2.13. The standard InChI is InChI=1S/C56H72N2O2/c1-31(2)43-21-19-22-44(32(3)4)51(43)57-29-39-25-41(55(13,14)15)27-47(53(39)59)49-35(9)37(11)50(38(12)36(49)10)48-28-42(56(16,17)18)26-40(54(48)60)30-58-52-45(33(5)6)23-20-24-46(52)34(7)8/h19-34,59-60H,1-18H3. The van der Waals surface area contributed by atoms with Crippen molar-refractivity contribution in [1.82, 2.24) is 0 Å². The third-order valence-corrected chi connectivity index (χ3v) is 12.5. The first-order valence-corrected chi connectivity index (χ1v) is 22.1. The molecular weight excluding hydrogens is 733 g/mol. The molecule has 318 valence electrons. The quantitative estimate of drug-likeness (QED) is 0.138. The summed E-state index contributed by atoms with van der Waals surface area (Å²) in [7, 11) is 0. The number of hydrogen-bond donors (Lipinski definition) is 2. The summed E-state index contributed by atoms with van der Waals surface area (Å²) in [6.07, 6.45) is 3.73. The van der Waals surface area contributed by atoms with Crippen LogP contribution in [0.15, 0.2) is 70.6 Å². The van der Waals surface area contributed by atoms with Crippen LogP contribution in [0, 0.1) is 27.7 Å². The Labute approximate surface area is 363 Å². The van der Waals surface area contributed by atoms with Crippen molar-refractivity contribution >= 4 is 23.8 Å². The molecular formula is C56H72N2O2. The highest BCUT2D eigenvalue weighted by Gasteiger charge is 2.27. The zero-order chi connectivity index (χ0) is 44.8. The number of rotatable bonds is 10. The van der Waals surface area contributed by atoms with Crippen LogP contribution in [0.5, 0.6) is 11.5 Å². The number of aliphatic imine (C=N–C) groups is 2. The van der Waals surface area contributed by atoms with E-state index in [1.165, 1.54) is 22.3 Å². The summed E-state index contributed by atoms with van der Waals surface area (Å²) >= 11 is 0. The second-order valence-electron chi connectivity index (χ2n) is 20.4. The van der Waals surface area contributed by atoms with Gasteiger partial charge < -0.3 is 10.2 Å². The molecule has 4 nitrogen and oxygen atoms in total. The van der Waals surface area contributed by atoms with Crippen molar-refractivity contribution < 1.29 is 10.2 Å². The highest BCUT2D eigenvalue weighted by atomic mass is 16.3. The average Bonchev–Trinajstić information content (AvgIpc) is 3.16. The summed E-state index contributed by atoms with van der Waals surface area (Å²) in [6, 6.07) is 21.4. The number of phenolic OH excluding ortho intramolecular Hbond substituents is 2. The molecule has 5 rings (SSSR count). The molecule has 0 radical (unpaired) electrons. The van der Waals surface area contributed by atoms with E-state index in [1.807, 2.05) is 12.4 Å². The van der Waals surface area contributed by atoms with E-state index < -0.39 is 0 Å². The Morgan fingerprint density at radius 3 is 0.950 bits per heavy atom. The van der Waals surface area contributed by atoms with Crippen LogP contribution in [-0.4, -0.2) is 22.6 Å². The SMILES string of the molecule is Cc1c(C)c(-c2cc(C(C)(C)C)cc(C=Nc3c(C(C)C)cccc3C(C)C)c2O)c(C)c(C)c1-c1cc(C(C)(C)C)cc(C=Nc2c(C(C)C)cccc2C(C)C)c1O. The van der Waals surface area contributed by atoms with Crippen molar-refractivity contribution in [2.75, 3.05) is 0 Å². The van der Waals surface area contributed by atoms with Gasteiger partial charge in [-0.05, 0) is 153 Å². The molecule has 0 saturated carbocycles. The van der Waals surface area contributed by atoms with E-state index in [4.69, 9.17) is 9.98 Å². The predicted molar refractivity (Wildman–Crippen MR) is 261 cm³/mol. The number of hydrogen-bond acceptors (Lipinski definition) is 4. The summed E-state index contributed by atoms with van der Waals surface area (Å²) in [5.74, 6) is 1.67. The van der Waals surface area contributed by atoms with Gasteiger partial charge in [-0.25, -0.2) is 0 Å². The lowest BCUT2D eigenvalue weighted by molar-refractivity contribution is 0.474. The van der Waals surface area contributed by atoms with Crippen LogP contribution in [0.3, 0.4) is 0 Å². The highest BCUT2D eigenvalue weighted by Crippen LogP contribution is 2.47. The van der Waals surface area contributed by atoms with Crippen LogP contribution in [0.4, 0.5) is 11.4 Å². The predicted octanol–water partition coefficient (Wildman–Crippen LogP) is 16.3. The summed E-state index contributed by atoms with van der Waals surface area (Å²) in [5, 5.41) is 24.6. The van der Waals surface area contributed by atoms with E-state index in [2.05, 4.69) is 185 Å². The fourth-order valence-corrected chi connectivity index (χ4v) is 8.47. The molecule has 0 heterocycles. The van der Waals surface area contributed by atoms with Gasteiger partial charge in [0.1, 0.15) is 11.5 Å². The molecule has 0 spiro atoms. The van der Waals surface area contributed by atoms with Gasteiger partial charge in [0, 0.05) is 34.7 Å². The molecule has 0 unspecified atom stereocenters. The van der Waals surface area contributed by atoms with Gasteiger partial charge in [0.25, 0.3) is 0 Å². The number of aromatic hydroxyl groups is 2. The van der Waals surface area contributed by atoms with Crippen molar-refractivity contribution in [1.29, 1.82) is 0 Å². The maximum atomic E-state index is 12.3. The van der Waals surface area contributed by atoms with Crippen LogP contribution in [0.25, 0.3) is 22.3 Å². The minimum absolute atomic E-state index is 0.182. The highest BCUT2D eigenvalue weighted by molar-refractivity contribution is 5.96. The first kappa shape index (κ1) is 46.1. The van der Waals surface area contributed by atoms with E-state index in [9.17, 15) is 10.2 Å². The molecule has 2 N–H and O–H groups in total. The van der Waals surface area contributed by atoms with Gasteiger partial charge >= 0.3 is 0 Å². The van der Waals surface area contributed by atoms with Gasteiger partial charge in [-0.2, -0.15) is 0 Å². The Morgan fingerprint density at radius 2 is 0.717 bits per heavy atom. The van der Waals surface area contributed by atoms with Crippen LogP contribution in [-0.2, 0) is 10.8 Å². The van der Waals surface area contributed by atoms with Gasteiger partial charge in [0.15, 0.2) is 0 Å². The molecule has 0 saturated heterocycles. The fraction of sp³-hybridized carbons (Fsp3) is 0.429. The van der Waals surface area contributed by atoms with Crippen molar-refractivity contribution in [3.05, 3.63) is 127 Å². The molecule has 60 heavy (non-hydrogen) atoms. The van der Waals surface area contributed by atoms with Crippen molar-refractivity contribution in [2.24, 2.45) is 9.98 Å². The minimum Gasteiger partial charge on any atom is -0.507 e. The Morgan fingerprint density at radius 1 is 0.450 bits per heavy atom. The van der Waals surface area contributed by atoms with Gasteiger partial charge in [-0.1, -0.05) is 133 Å². The maximum absolute atomic E-state index is 12.3. The number of nitrogens with zero attached hydrogens (tertiary/aromatic N) is 2. The number of para-hydroxylation sites is 2. The molecule has 0 aliphatic heterocycles. The Balaban J connectivity index is 1.76. The second kappa shape index (κ2) is 17.6. The summed E-state index contributed by atoms with van der Waals surface area (Å²) < 4.78 is 0. The van der Waals surface area contributed by atoms with Crippen LogP contribution in [0.1, 0.15) is 187 Å². The molecule has 0 aliphatic carbocycles. The normalized spacial score (nSPS) is 12.8. The van der Waals surface area contributed by atoms with E-state index in [0.29, 0.717) is 34.8 Å².